The number of hydrogen-bond acceptors (Lipinski definition) is 4. The summed E-state index contributed by atoms with van der Waals surface area (Å²) >= 11 is 1.44. The fourth-order valence-electron chi connectivity index (χ4n) is 1.78. The molecule has 2 aromatic rings. The number of aliphatic hydroxyl groups is 1. The standard InChI is InChI=1S/C15H18N2O2S/c1-10(2)11-3-5-12(6-4-11)15-17-13(9-20-15)14(19)16-7-8-18/h3-6,9-10,18H,7-8H2,1-2H3,(H,16,19). The lowest BCUT2D eigenvalue weighted by molar-refractivity contribution is 0.0940. The Morgan fingerprint density at radius 3 is 2.65 bits per heavy atom. The highest BCUT2D eigenvalue weighted by molar-refractivity contribution is 7.13. The van der Waals surface area contributed by atoms with E-state index in [1.54, 1.807) is 5.38 Å². The Hall–Kier alpha value is -1.72. The summed E-state index contributed by atoms with van der Waals surface area (Å²) in [5.41, 5.74) is 2.69. The van der Waals surface area contributed by atoms with E-state index in [0.29, 0.717) is 11.6 Å². The first-order valence-corrected chi connectivity index (χ1v) is 7.44. The zero-order valence-electron chi connectivity index (χ0n) is 11.6. The summed E-state index contributed by atoms with van der Waals surface area (Å²) in [6.45, 7) is 4.48. The second kappa shape index (κ2) is 6.63. The maximum Gasteiger partial charge on any atom is 0.270 e. The molecule has 20 heavy (non-hydrogen) atoms. The van der Waals surface area contributed by atoms with Gasteiger partial charge in [0, 0.05) is 17.5 Å². The summed E-state index contributed by atoms with van der Waals surface area (Å²) in [5.74, 6) is 0.250. The summed E-state index contributed by atoms with van der Waals surface area (Å²) in [6.07, 6.45) is 0. The van der Waals surface area contributed by atoms with Crippen LogP contribution in [0.2, 0.25) is 0 Å². The molecule has 1 aromatic carbocycles. The molecule has 1 heterocycles. The lowest BCUT2D eigenvalue weighted by Crippen LogP contribution is -2.26. The molecule has 0 saturated heterocycles. The van der Waals surface area contributed by atoms with Crippen LogP contribution >= 0.6 is 11.3 Å². The van der Waals surface area contributed by atoms with Crippen molar-refractivity contribution in [1.82, 2.24) is 10.3 Å². The van der Waals surface area contributed by atoms with E-state index in [2.05, 4.69) is 36.3 Å². The first-order chi connectivity index (χ1) is 9.61. The van der Waals surface area contributed by atoms with Crippen LogP contribution in [0.5, 0.6) is 0 Å². The summed E-state index contributed by atoms with van der Waals surface area (Å²) in [7, 11) is 0. The van der Waals surface area contributed by atoms with Crippen molar-refractivity contribution in [2.45, 2.75) is 19.8 Å². The van der Waals surface area contributed by atoms with Gasteiger partial charge in [-0.3, -0.25) is 4.79 Å². The van der Waals surface area contributed by atoms with Crippen LogP contribution < -0.4 is 5.32 Å². The first-order valence-electron chi connectivity index (χ1n) is 6.56. The van der Waals surface area contributed by atoms with E-state index < -0.39 is 0 Å². The van der Waals surface area contributed by atoms with Gasteiger partial charge in [0.1, 0.15) is 10.7 Å². The van der Waals surface area contributed by atoms with E-state index >= 15 is 0 Å². The third kappa shape index (κ3) is 3.43. The molecule has 0 aliphatic carbocycles. The largest absolute Gasteiger partial charge is 0.395 e. The van der Waals surface area contributed by atoms with Crippen molar-refractivity contribution in [2.24, 2.45) is 0 Å². The third-order valence-corrected chi connectivity index (χ3v) is 3.85. The van der Waals surface area contributed by atoms with Gasteiger partial charge in [0.05, 0.1) is 6.61 Å². The van der Waals surface area contributed by atoms with Gasteiger partial charge in [-0.2, -0.15) is 0 Å². The van der Waals surface area contributed by atoms with Crippen LogP contribution in [0.15, 0.2) is 29.6 Å². The van der Waals surface area contributed by atoms with Gasteiger partial charge < -0.3 is 10.4 Å². The minimum Gasteiger partial charge on any atom is -0.395 e. The number of aromatic nitrogens is 1. The zero-order valence-corrected chi connectivity index (χ0v) is 12.4. The Morgan fingerprint density at radius 2 is 2.05 bits per heavy atom. The summed E-state index contributed by atoms with van der Waals surface area (Å²) in [4.78, 5) is 16.0. The van der Waals surface area contributed by atoms with E-state index in [1.165, 1.54) is 16.9 Å². The molecule has 0 aliphatic heterocycles. The SMILES string of the molecule is CC(C)c1ccc(-c2nc(C(=O)NCCO)cs2)cc1. The zero-order chi connectivity index (χ0) is 14.5. The average Bonchev–Trinajstić information content (AvgIpc) is 2.94. The van der Waals surface area contributed by atoms with Gasteiger partial charge in [0.25, 0.3) is 5.91 Å². The molecule has 0 saturated carbocycles. The van der Waals surface area contributed by atoms with Crippen LogP contribution in [-0.2, 0) is 0 Å². The lowest BCUT2D eigenvalue weighted by atomic mass is 10.0. The van der Waals surface area contributed by atoms with Gasteiger partial charge >= 0.3 is 0 Å². The molecule has 0 radical (unpaired) electrons. The van der Waals surface area contributed by atoms with Crippen LogP contribution in [-0.4, -0.2) is 29.1 Å². The number of thiazole rings is 1. The lowest BCUT2D eigenvalue weighted by Gasteiger charge is -2.05. The van der Waals surface area contributed by atoms with Crippen molar-refractivity contribution >= 4 is 17.2 Å². The number of nitrogens with zero attached hydrogens (tertiary/aromatic N) is 1. The number of carbonyl (C=O) groups is 1. The summed E-state index contributed by atoms with van der Waals surface area (Å²) < 4.78 is 0. The maximum atomic E-state index is 11.7. The highest BCUT2D eigenvalue weighted by Crippen LogP contribution is 2.25. The maximum absolute atomic E-state index is 11.7. The Bertz CT molecular complexity index is 576. The van der Waals surface area contributed by atoms with E-state index in [-0.39, 0.29) is 19.1 Å². The normalized spacial score (nSPS) is 10.8. The molecule has 0 unspecified atom stereocenters. The van der Waals surface area contributed by atoms with Crippen molar-refractivity contribution < 1.29 is 9.90 Å². The van der Waals surface area contributed by atoms with Crippen molar-refractivity contribution in [3.63, 3.8) is 0 Å². The smallest absolute Gasteiger partial charge is 0.270 e. The predicted molar refractivity (Wildman–Crippen MR) is 81.1 cm³/mol. The second-order valence-electron chi connectivity index (χ2n) is 4.79. The topological polar surface area (TPSA) is 62.2 Å². The molecule has 5 heteroatoms. The Morgan fingerprint density at radius 1 is 1.35 bits per heavy atom. The molecule has 4 nitrogen and oxygen atoms in total. The van der Waals surface area contributed by atoms with Crippen molar-refractivity contribution in [3.8, 4) is 10.6 Å². The highest BCUT2D eigenvalue weighted by Gasteiger charge is 2.11. The van der Waals surface area contributed by atoms with E-state index in [4.69, 9.17) is 5.11 Å². The number of aliphatic hydroxyl groups excluding tert-OH is 1. The summed E-state index contributed by atoms with van der Waals surface area (Å²) in [5, 5.41) is 13.8. The highest BCUT2D eigenvalue weighted by atomic mass is 32.1. The number of benzene rings is 1. The Kier molecular flexibility index (Phi) is 4.87. The molecule has 0 spiro atoms. The fourth-order valence-corrected chi connectivity index (χ4v) is 2.59. The van der Waals surface area contributed by atoms with E-state index in [0.717, 1.165) is 10.6 Å². The number of hydrogen-bond donors (Lipinski definition) is 2. The number of amides is 1. The molecule has 1 amide bonds. The second-order valence-corrected chi connectivity index (χ2v) is 5.65. The molecule has 1 aromatic heterocycles. The molecule has 2 rings (SSSR count). The van der Waals surface area contributed by atoms with Crippen molar-refractivity contribution in [2.75, 3.05) is 13.2 Å². The minimum atomic E-state index is -0.250. The van der Waals surface area contributed by atoms with E-state index in [1.807, 2.05) is 12.1 Å². The number of carbonyl (C=O) groups excluding carboxylic acids is 1. The molecular formula is C15H18N2O2S. The molecule has 0 atom stereocenters. The molecule has 0 bridgehead atoms. The van der Waals surface area contributed by atoms with Gasteiger partial charge in [-0.25, -0.2) is 4.98 Å². The van der Waals surface area contributed by atoms with Gasteiger partial charge in [0.15, 0.2) is 0 Å². The van der Waals surface area contributed by atoms with Gasteiger partial charge in [-0.15, -0.1) is 11.3 Å². The van der Waals surface area contributed by atoms with E-state index in [9.17, 15) is 4.79 Å². The monoisotopic (exact) mass is 290 g/mol. The van der Waals surface area contributed by atoms with Crippen LogP contribution in [0.4, 0.5) is 0 Å². The van der Waals surface area contributed by atoms with Gasteiger partial charge in [-0.05, 0) is 11.5 Å². The van der Waals surface area contributed by atoms with Crippen LogP contribution in [0.25, 0.3) is 10.6 Å². The van der Waals surface area contributed by atoms with Crippen LogP contribution in [0.1, 0.15) is 35.8 Å². The molecular weight excluding hydrogens is 272 g/mol. The Balaban J connectivity index is 2.14. The van der Waals surface area contributed by atoms with Crippen LogP contribution in [0.3, 0.4) is 0 Å². The first kappa shape index (κ1) is 14.7. The van der Waals surface area contributed by atoms with Crippen molar-refractivity contribution in [3.05, 3.63) is 40.9 Å². The molecule has 0 fully saturated rings. The minimum absolute atomic E-state index is 0.0700. The average molecular weight is 290 g/mol. The quantitative estimate of drug-likeness (QED) is 0.890. The van der Waals surface area contributed by atoms with Gasteiger partial charge in [-0.1, -0.05) is 38.1 Å². The third-order valence-electron chi connectivity index (χ3n) is 2.96. The summed E-state index contributed by atoms with van der Waals surface area (Å²) in [6, 6.07) is 8.24. The van der Waals surface area contributed by atoms with Crippen LogP contribution in [0, 0.1) is 0 Å². The fraction of sp³-hybridized carbons (Fsp3) is 0.333. The molecule has 2 N–H and O–H groups in total. The molecule has 106 valence electrons. The number of nitrogens with one attached hydrogen (secondary N) is 1. The molecule has 0 aliphatic rings. The van der Waals surface area contributed by atoms with Crippen molar-refractivity contribution in [1.29, 1.82) is 0 Å². The Labute approximate surface area is 122 Å². The predicted octanol–water partition coefficient (Wildman–Crippen LogP) is 2.66. The van der Waals surface area contributed by atoms with Gasteiger partial charge in [0.2, 0.25) is 0 Å². The number of rotatable bonds is 5.